The highest BCUT2D eigenvalue weighted by Crippen LogP contribution is 2.38. The molecule has 0 unspecified atom stereocenters. The quantitative estimate of drug-likeness (QED) is 0.438. The van der Waals surface area contributed by atoms with Gasteiger partial charge in [-0.05, 0) is 63.1 Å². The number of amides is 1. The Kier molecular flexibility index (Phi) is 8.44. The molecule has 1 fully saturated rings. The maximum absolute atomic E-state index is 12.4. The van der Waals surface area contributed by atoms with Crippen molar-refractivity contribution in [2.24, 2.45) is 5.73 Å². The molecule has 1 amide bonds. The molecule has 1 aliphatic carbocycles. The Hall–Kier alpha value is -2.61. The Labute approximate surface area is 183 Å². The number of carboxylic acids is 1. The molecule has 0 bridgehead atoms. The highest BCUT2D eigenvalue weighted by Gasteiger charge is 2.26. The summed E-state index contributed by atoms with van der Waals surface area (Å²) in [5, 5.41) is 22.2. The van der Waals surface area contributed by atoms with Crippen molar-refractivity contribution in [3.05, 3.63) is 29.3 Å². The number of esters is 1. The topological polar surface area (TPSA) is 139 Å². The Balaban J connectivity index is 1.96. The van der Waals surface area contributed by atoms with E-state index in [0.717, 1.165) is 36.8 Å². The molecule has 8 nitrogen and oxygen atoms in total. The van der Waals surface area contributed by atoms with Crippen molar-refractivity contribution in [1.29, 1.82) is 0 Å². The van der Waals surface area contributed by atoms with Gasteiger partial charge < -0.3 is 26.0 Å². The first-order valence-electron chi connectivity index (χ1n) is 10.8. The smallest absolute Gasteiger partial charge is 0.326 e. The zero-order chi connectivity index (χ0) is 23.2. The third kappa shape index (κ3) is 7.86. The van der Waals surface area contributed by atoms with E-state index in [1.165, 1.54) is 0 Å². The SMILES string of the molecule is CC(C)(C)OC(=O)CC[C@H](N)C(=O)N[C@@H](Cc1ccc(O)c(C2CCCC2)c1)C(=O)O. The first-order valence-corrected chi connectivity index (χ1v) is 10.8. The van der Waals surface area contributed by atoms with E-state index in [-0.39, 0.29) is 30.9 Å². The van der Waals surface area contributed by atoms with Gasteiger partial charge in [0.05, 0.1) is 6.04 Å². The van der Waals surface area contributed by atoms with Crippen molar-refractivity contribution < 1.29 is 29.3 Å². The summed E-state index contributed by atoms with van der Waals surface area (Å²) in [7, 11) is 0. The van der Waals surface area contributed by atoms with Crippen molar-refractivity contribution in [2.75, 3.05) is 0 Å². The van der Waals surface area contributed by atoms with Crippen LogP contribution in [0.4, 0.5) is 0 Å². The van der Waals surface area contributed by atoms with Crippen LogP contribution in [0.3, 0.4) is 0 Å². The molecule has 8 heteroatoms. The van der Waals surface area contributed by atoms with Crippen LogP contribution in [0.2, 0.25) is 0 Å². The van der Waals surface area contributed by atoms with E-state index in [1.807, 2.05) is 6.07 Å². The molecule has 1 saturated carbocycles. The Morgan fingerprint density at radius 3 is 2.45 bits per heavy atom. The van der Waals surface area contributed by atoms with Gasteiger partial charge in [-0.1, -0.05) is 25.0 Å². The fourth-order valence-electron chi connectivity index (χ4n) is 3.81. The lowest BCUT2D eigenvalue weighted by molar-refractivity contribution is -0.155. The number of nitrogens with one attached hydrogen (secondary N) is 1. The molecule has 0 saturated heterocycles. The average molecular weight is 435 g/mol. The number of aromatic hydroxyl groups is 1. The van der Waals surface area contributed by atoms with E-state index < -0.39 is 35.5 Å². The third-order valence-corrected chi connectivity index (χ3v) is 5.36. The highest BCUT2D eigenvalue weighted by molar-refractivity contribution is 5.87. The summed E-state index contributed by atoms with van der Waals surface area (Å²) in [6.45, 7) is 5.24. The molecule has 1 aromatic carbocycles. The van der Waals surface area contributed by atoms with Gasteiger partial charge in [0.1, 0.15) is 17.4 Å². The summed E-state index contributed by atoms with van der Waals surface area (Å²) >= 11 is 0. The van der Waals surface area contributed by atoms with Crippen molar-refractivity contribution in [2.45, 2.75) is 89.3 Å². The van der Waals surface area contributed by atoms with Crippen LogP contribution in [0.15, 0.2) is 18.2 Å². The second-order valence-corrected chi connectivity index (χ2v) is 9.21. The number of carbonyl (C=O) groups excluding carboxylic acids is 2. The fraction of sp³-hybridized carbons (Fsp3) is 0.609. The fourth-order valence-corrected chi connectivity index (χ4v) is 3.81. The predicted molar refractivity (Wildman–Crippen MR) is 116 cm³/mol. The van der Waals surface area contributed by atoms with Crippen LogP contribution >= 0.6 is 0 Å². The summed E-state index contributed by atoms with van der Waals surface area (Å²) in [6.07, 6.45) is 4.32. The molecule has 0 heterocycles. The second-order valence-electron chi connectivity index (χ2n) is 9.21. The molecule has 5 N–H and O–H groups in total. The van der Waals surface area contributed by atoms with Gasteiger partial charge in [0.15, 0.2) is 0 Å². The lowest BCUT2D eigenvalue weighted by atomic mass is 9.93. The van der Waals surface area contributed by atoms with E-state index in [9.17, 15) is 24.6 Å². The van der Waals surface area contributed by atoms with Gasteiger partial charge in [-0.25, -0.2) is 4.79 Å². The molecular weight excluding hydrogens is 400 g/mol. The van der Waals surface area contributed by atoms with E-state index in [4.69, 9.17) is 10.5 Å². The number of nitrogens with two attached hydrogens (primary N) is 1. The highest BCUT2D eigenvalue weighted by atomic mass is 16.6. The van der Waals surface area contributed by atoms with Crippen LogP contribution in [0, 0.1) is 0 Å². The normalized spacial score (nSPS) is 16.5. The van der Waals surface area contributed by atoms with Gasteiger partial charge in [0, 0.05) is 12.8 Å². The minimum atomic E-state index is -1.18. The zero-order valence-electron chi connectivity index (χ0n) is 18.5. The lowest BCUT2D eigenvalue weighted by Crippen LogP contribution is -2.49. The van der Waals surface area contributed by atoms with Gasteiger partial charge in [-0.15, -0.1) is 0 Å². The number of hydrogen-bond acceptors (Lipinski definition) is 6. The van der Waals surface area contributed by atoms with Gasteiger partial charge in [-0.2, -0.15) is 0 Å². The van der Waals surface area contributed by atoms with Crippen LogP contribution in [0.1, 0.15) is 76.3 Å². The number of ether oxygens (including phenoxy) is 1. The molecule has 0 spiro atoms. The first kappa shape index (κ1) is 24.7. The number of hydrogen-bond donors (Lipinski definition) is 4. The number of carboxylic acid groups (broad SMARTS) is 1. The van der Waals surface area contributed by atoms with Crippen LogP contribution in [-0.2, 0) is 25.5 Å². The number of carbonyl (C=O) groups is 3. The van der Waals surface area contributed by atoms with Crippen LogP contribution < -0.4 is 11.1 Å². The molecule has 0 aromatic heterocycles. The standard InChI is InChI=1S/C23H34N2O6/c1-23(2,3)31-20(27)11-9-17(24)21(28)25-18(22(29)30)13-14-8-10-19(26)16(12-14)15-6-4-5-7-15/h8,10,12,15,17-18,26H,4-7,9,11,13,24H2,1-3H3,(H,25,28)(H,29,30)/t17-,18-/m0/s1. The van der Waals surface area contributed by atoms with E-state index in [1.54, 1.807) is 32.9 Å². The largest absolute Gasteiger partial charge is 0.508 e. The maximum atomic E-state index is 12.4. The van der Waals surface area contributed by atoms with Crippen LogP contribution in [0.25, 0.3) is 0 Å². The molecule has 1 aromatic rings. The Morgan fingerprint density at radius 1 is 1.23 bits per heavy atom. The van der Waals surface area contributed by atoms with Crippen LogP contribution in [0.5, 0.6) is 5.75 Å². The molecular formula is C23H34N2O6. The van der Waals surface area contributed by atoms with Crippen molar-refractivity contribution in [3.63, 3.8) is 0 Å². The average Bonchev–Trinajstić information content (AvgIpc) is 3.19. The molecule has 31 heavy (non-hydrogen) atoms. The summed E-state index contributed by atoms with van der Waals surface area (Å²) in [6, 6.07) is 2.88. The number of aliphatic carboxylic acids is 1. The van der Waals surface area contributed by atoms with Gasteiger partial charge in [0.25, 0.3) is 0 Å². The minimum absolute atomic E-state index is 0.0354. The summed E-state index contributed by atoms with van der Waals surface area (Å²) in [5.41, 5.74) is 6.78. The van der Waals surface area contributed by atoms with E-state index in [2.05, 4.69) is 5.32 Å². The number of benzene rings is 1. The van der Waals surface area contributed by atoms with Gasteiger partial charge in [0.2, 0.25) is 5.91 Å². The van der Waals surface area contributed by atoms with Crippen molar-refractivity contribution >= 4 is 17.8 Å². The zero-order valence-corrected chi connectivity index (χ0v) is 18.5. The summed E-state index contributed by atoms with van der Waals surface area (Å²) in [5.74, 6) is -1.78. The second kappa shape index (κ2) is 10.6. The number of phenolic OH excluding ortho intramolecular Hbond substituents is 1. The predicted octanol–water partition coefficient (Wildman–Crippen LogP) is 2.61. The number of phenols is 1. The molecule has 172 valence electrons. The summed E-state index contributed by atoms with van der Waals surface area (Å²) in [4.78, 5) is 35.9. The molecule has 2 rings (SSSR count). The van der Waals surface area contributed by atoms with Crippen molar-refractivity contribution in [3.8, 4) is 5.75 Å². The Morgan fingerprint density at radius 2 is 1.87 bits per heavy atom. The summed E-state index contributed by atoms with van der Waals surface area (Å²) < 4.78 is 5.19. The molecule has 1 aliphatic rings. The van der Waals surface area contributed by atoms with Crippen molar-refractivity contribution in [1.82, 2.24) is 5.32 Å². The van der Waals surface area contributed by atoms with E-state index in [0.29, 0.717) is 0 Å². The molecule has 0 aliphatic heterocycles. The molecule has 0 radical (unpaired) electrons. The first-order chi connectivity index (χ1) is 14.5. The van der Waals surface area contributed by atoms with Gasteiger partial charge >= 0.3 is 11.9 Å². The lowest BCUT2D eigenvalue weighted by Gasteiger charge is -2.21. The van der Waals surface area contributed by atoms with Gasteiger partial charge in [-0.3, -0.25) is 9.59 Å². The molecule has 2 atom stereocenters. The monoisotopic (exact) mass is 434 g/mol. The third-order valence-electron chi connectivity index (χ3n) is 5.36. The van der Waals surface area contributed by atoms with E-state index >= 15 is 0 Å². The Bertz CT molecular complexity index is 796. The maximum Gasteiger partial charge on any atom is 0.326 e. The minimum Gasteiger partial charge on any atom is -0.508 e. The van der Waals surface area contributed by atoms with Crippen LogP contribution in [-0.4, -0.2) is 45.7 Å². The number of rotatable bonds is 9.